The van der Waals surface area contributed by atoms with E-state index < -0.39 is 0 Å². The fourth-order valence-corrected chi connectivity index (χ4v) is 5.68. The first-order valence-corrected chi connectivity index (χ1v) is 8.49. The van der Waals surface area contributed by atoms with E-state index in [0.29, 0.717) is 6.04 Å². The van der Waals surface area contributed by atoms with Crippen molar-refractivity contribution in [3.05, 3.63) is 36.7 Å². The predicted octanol–water partition coefficient (Wildman–Crippen LogP) is 4.47. The average molecular weight is 278 g/mol. The van der Waals surface area contributed by atoms with Gasteiger partial charge in [0.25, 0.3) is 0 Å². The second kappa shape index (κ2) is 4.46. The molecule has 21 heavy (non-hydrogen) atoms. The highest BCUT2D eigenvalue weighted by atomic mass is 15.0. The Bertz CT molecular complexity index is 675. The number of anilines is 1. The smallest absolute Gasteiger partial charge is 0.0423 e. The summed E-state index contributed by atoms with van der Waals surface area (Å²) in [5.74, 6) is 4.04. The zero-order valence-corrected chi connectivity index (χ0v) is 12.3. The van der Waals surface area contributed by atoms with Crippen LogP contribution in [0.25, 0.3) is 10.8 Å². The number of nitrogens with zero attached hydrogens (tertiary/aromatic N) is 1. The lowest BCUT2D eigenvalue weighted by atomic mass is 9.79. The molecule has 1 aromatic heterocycles. The van der Waals surface area contributed by atoms with E-state index in [-0.39, 0.29) is 0 Å². The van der Waals surface area contributed by atoms with Gasteiger partial charge in [-0.1, -0.05) is 18.6 Å². The SMILES string of the molecule is c1cc(NC2CC3CC2C2CCCC32)c2ccncc2c1. The van der Waals surface area contributed by atoms with Gasteiger partial charge in [-0.05, 0) is 61.5 Å². The highest BCUT2D eigenvalue weighted by molar-refractivity contribution is 5.93. The first kappa shape index (κ1) is 12.0. The Kier molecular flexibility index (Phi) is 2.55. The molecular weight excluding hydrogens is 256 g/mol. The highest BCUT2D eigenvalue weighted by Crippen LogP contribution is 2.59. The maximum absolute atomic E-state index is 4.24. The van der Waals surface area contributed by atoms with E-state index in [4.69, 9.17) is 0 Å². The summed E-state index contributed by atoms with van der Waals surface area (Å²) < 4.78 is 0. The number of nitrogens with one attached hydrogen (secondary N) is 1. The Hall–Kier alpha value is -1.57. The lowest BCUT2D eigenvalue weighted by molar-refractivity contribution is 0.243. The van der Waals surface area contributed by atoms with Gasteiger partial charge in [-0.15, -0.1) is 0 Å². The molecule has 1 N–H and O–H groups in total. The van der Waals surface area contributed by atoms with Gasteiger partial charge in [0, 0.05) is 34.9 Å². The van der Waals surface area contributed by atoms with Gasteiger partial charge in [-0.25, -0.2) is 0 Å². The van der Waals surface area contributed by atoms with Crippen molar-refractivity contribution < 1.29 is 0 Å². The Morgan fingerprint density at radius 2 is 1.95 bits per heavy atom. The molecule has 1 aromatic carbocycles. The number of rotatable bonds is 2. The van der Waals surface area contributed by atoms with Crippen LogP contribution in [0.4, 0.5) is 5.69 Å². The number of benzene rings is 1. The third-order valence-corrected chi connectivity index (χ3v) is 6.45. The molecule has 2 aromatic rings. The molecule has 0 radical (unpaired) electrons. The molecule has 1 heterocycles. The van der Waals surface area contributed by atoms with Gasteiger partial charge >= 0.3 is 0 Å². The van der Waals surface area contributed by atoms with Crippen molar-refractivity contribution in [2.45, 2.75) is 38.1 Å². The van der Waals surface area contributed by atoms with Crippen LogP contribution in [-0.2, 0) is 0 Å². The summed E-state index contributed by atoms with van der Waals surface area (Å²) in [5, 5.41) is 6.46. The van der Waals surface area contributed by atoms with E-state index >= 15 is 0 Å². The summed E-state index contributed by atoms with van der Waals surface area (Å²) in [6.45, 7) is 0. The minimum absolute atomic E-state index is 0.702. The van der Waals surface area contributed by atoms with E-state index in [1.807, 2.05) is 12.4 Å². The zero-order chi connectivity index (χ0) is 13.8. The number of hydrogen-bond acceptors (Lipinski definition) is 2. The second-order valence-electron chi connectivity index (χ2n) is 7.31. The van der Waals surface area contributed by atoms with Crippen molar-refractivity contribution in [3.63, 3.8) is 0 Å². The Labute approximate surface area is 126 Å². The van der Waals surface area contributed by atoms with E-state index in [9.17, 15) is 0 Å². The molecule has 2 nitrogen and oxygen atoms in total. The fraction of sp³-hybridized carbons (Fsp3) is 0.526. The molecule has 2 heteroatoms. The number of fused-ring (bicyclic) bond motifs is 6. The van der Waals surface area contributed by atoms with Gasteiger partial charge in [0.2, 0.25) is 0 Å². The summed E-state index contributed by atoms with van der Waals surface area (Å²) >= 11 is 0. The summed E-state index contributed by atoms with van der Waals surface area (Å²) in [5.41, 5.74) is 1.31. The van der Waals surface area contributed by atoms with Gasteiger partial charge in [0.05, 0.1) is 0 Å². The molecule has 3 aliphatic rings. The van der Waals surface area contributed by atoms with Crippen LogP contribution in [0.3, 0.4) is 0 Å². The maximum atomic E-state index is 4.24. The standard InChI is InChI=1S/C19H22N2/c1-3-12-11-20-8-7-15(12)18(6-1)21-19-10-13-9-17(19)16-5-2-4-14(13)16/h1,3,6-8,11,13-14,16-17,19,21H,2,4-5,9-10H2. The van der Waals surface area contributed by atoms with Crippen molar-refractivity contribution in [2.24, 2.45) is 23.7 Å². The lowest BCUT2D eigenvalue weighted by Gasteiger charge is -2.33. The van der Waals surface area contributed by atoms with Crippen LogP contribution in [0, 0.1) is 23.7 Å². The van der Waals surface area contributed by atoms with Crippen LogP contribution < -0.4 is 5.32 Å². The topological polar surface area (TPSA) is 24.9 Å². The normalized spacial score (nSPS) is 37.0. The highest BCUT2D eigenvalue weighted by Gasteiger charge is 2.53. The summed E-state index contributed by atoms with van der Waals surface area (Å²) in [6.07, 6.45) is 11.2. The van der Waals surface area contributed by atoms with E-state index in [2.05, 4.69) is 34.6 Å². The average Bonchev–Trinajstić information content (AvgIpc) is 3.20. The molecule has 0 saturated heterocycles. The van der Waals surface area contributed by atoms with Gasteiger partial charge < -0.3 is 5.32 Å². The van der Waals surface area contributed by atoms with Crippen molar-refractivity contribution in [1.82, 2.24) is 4.98 Å². The van der Waals surface area contributed by atoms with Crippen molar-refractivity contribution in [3.8, 4) is 0 Å². The summed E-state index contributed by atoms with van der Waals surface area (Å²) in [4.78, 5) is 4.24. The molecule has 5 unspecified atom stereocenters. The van der Waals surface area contributed by atoms with Crippen LogP contribution in [-0.4, -0.2) is 11.0 Å². The molecule has 5 atom stereocenters. The largest absolute Gasteiger partial charge is 0.382 e. The van der Waals surface area contributed by atoms with Crippen molar-refractivity contribution >= 4 is 16.5 Å². The van der Waals surface area contributed by atoms with Gasteiger partial charge in [0.15, 0.2) is 0 Å². The summed E-state index contributed by atoms with van der Waals surface area (Å²) in [7, 11) is 0. The molecule has 108 valence electrons. The van der Waals surface area contributed by atoms with E-state index in [1.54, 1.807) is 0 Å². The molecular formula is C19H22N2. The number of pyridine rings is 1. The number of hydrogen-bond donors (Lipinski definition) is 1. The van der Waals surface area contributed by atoms with Crippen LogP contribution in [0.5, 0.6) is 0 Å². The van der Waals surface area contributed by atoms with Gasteiger partial charge in [0.1, 0.15) is 0 Å². The second-order valence-corrected chi connectivity index (χ2v) is 7.31. The fourth-order valence-electron chi connectivity index (χ4n) is 5.68. The molecule has 3 fully saturated rings. The quantitative estimate of drug-likeness (QED) is 0.876. The minimum Gasteiger partial charge on any atom is -0.382 e. The molecule has 0 spiro atoms. The first-order valence-electron chi connectivity index (χ1n) is 8.49. The Balaban J connectivity index is 1.45. The molecule has 0 aliphatic heterocycles. The van der Waals surface area contributed by atoms with Crippen molar-refractivity contribution in [2.75, 3.05) is 5.32 Å². The van der Waals surface area contributed by atoms with Gasteiger partial charge in [-0.2, -0.15) is 0 Å². The predicted molar refractivity (Wildman–Crippen MR) is 86.2 cm³/mol. The molecule has 5 rings (SSSR count). The summed E-state index contributed by atoms with van der Waals surface area (Å²) in [6, 6.07) is 9.39. The third kappa shape index (κ3) is 1.74. The van der Waals surface area contributed by atoms with E-state index in [1.165, 1.54) is 48.6 Å². The molecule has 3 saturated carbocycles. The minimum atomic E-state index is 0.702. The Morgan fingerprint density at radius 3 is 2.95 bits per heavy atom. The maximum Gasteiger partial charge on any atom is 0.0423 e. The molecule has 2 bridgehead atoms. The zero-order valence-electron chi connectivity index (χ0n) is 12.3. The molecule has 0 amide bonds. The monoisotopic (exact) mass is 278 g/mol. The van der Waals surface area contributed by atoms with E-state index in [0.717, 1.165) is 23.7 Å². The van der Waals surface area contributed by atoms with Crippen LogP contribution in [0.15, 0.2) is 36.7 Å². The van der Waals surface area contributed by atoms with Gasteiger partial charge in [-0.3, -0.25) is 4.98 Å². The third-order valence-electron chi connectivity index (χ3n) is 6.45. The van der Waals surface area contributed by atoms with Crippen molar-refractivity contribution in [1.29, 1.82) is 0 Å². The number of aromatic nitrogens is 1. The lowest BCUT2D eigenvalue weighted by Crippen LogP contribution is -2.33. The van der Waals surface area contributed by atoms with Crippen LogP contribution in [0.2, 0.25) is 0 Å². The molecule has 3 aliphatic carbocycles. The van der Waals surface area contributed by atoms with Crippen LogP contribution >= 0.6 is 0 Å². The first-order chi connectivity index (χ1) is 10.4. The Morgan fingerprint density at radius 1 is 1.00 bits per heavy atom. The van der Waals surface area contributed by atoms with Crippen LogP contribution in [0.1, 0.15) is 32.1 Å².